The quantitative estimate of drug-likeness (QED) is 0.610. The third-order valence-electron chi connectivity index (χ3n) is 2.12. The predicted molar refractivity (Wildman–Crippen MR) is 68.1 cm³/mol. The number of hydrogen-bond donors (Lipinski definition) is 0. The molecular formula is C14H26O. The number of allylic oxidation sites excluding steroid dienone is 2. The summed E-state index contributed by atoms with van der Waals surface area (Å²) >= 11 is 0. The van der Waals surface area contributed by atoms with E-state index < -0.39 is 0 Å². The first kappa shape index (κ1) is 14.4. The molecule has 1 heterocycles. The average Bonchev–Trinajstić information content (AvgIpc) is 2.54. The highest BCUT2D eigenvalue weighted by molar-refractivity contribution is 5.05. The maximum atomic E-state index is 5.83. The molecule has 88 valence electrons. The summed E-state index contributed by atoms with van der Waals surface area (Å²) in [4.78, 5) is 0. The van der Waals surface area contributed by atoms with Crippen LogP contribution in [0.1, 0.15) is 54.4 Å². The Morgan fingerprint density at radius 2 is 1.20 bits per heavy atom. The summed E-state index contributed by atoms with van der Waals surface area (Å²) < 4.78 is 5.83. The molecule has 1 rings (SSSR count). The van der Waals surface area contributed by atoms with E-state index in [0.29, 0.717) is 12.2 Å². The normalized spacial score (nSPS) is 23.9. The van der Waals surface area contributed by atoms with Crippen LogP contribution in [0.5, 0.6) is 0 Å². The third kappa shape index (κ3) is 6.51. The Labute approximate surface area is 95.2 Å². The van der Waals surface area contributed by atoms with Crippen LogP contribution in [0.3, 0.4) is 0 Å². The van der Waals surface area contributed by atoms with Gasteiger partial charge in [0.15, 0.2) is 0 Å². The molecular weight excluding hydrogens is 184 g/mol. The Morgan fingerprint density at radius 3 is 1.47 bits per heavy atom. The first-order valence-electron chi connectivity index (χ1n) is 6.03. The fourth-order valence-electron chi connectivity index (χ4n) is 1.68. The first-order chi connectivity index (χ1) is 7.08. The van der Waals surface area contributed by atoms with E-state index in [0.717, 1.165) is 0 Å². The van der Waals surface area contributed by atoms with Crippen molar-refractivity contribution in [1.29, 1.82) is 0 Å². The van der Waals surface area contributed by atoms with Crippen molar-refractivity contribution in [2.45, 2.75) is 66.6 Å². The number of hydrogen-bond acceptors (Lipinski definition) is 1. The fraction of sp³-hybridized carbons (Fsp3) is 0.714. The molecule has 1 aliphatic rings. The number of rotatable bonds is 2. The van der Waals surface area contributed by atoms with Gasteiger partial charge in [0.1, 0.15) is 0 Å². The van der Waals surface area contributed by atoms with Crippen molar-refractivity contribution in [1.82, 2.24) is 0 Å². The number of ether oxygens (including phenoxy) is 1. The Morgan fingerprint density at radius 1 is 0.867 bits per heavy atom. The van der Waals surface area contributed by atoms with Gasteiger partial charge >= 0.3 is 0 Å². The molecule has 0 aromatic carbocycles. The smallest absolute Gasteiger partial charge is 0.0767 e. The molecule has 2 unspecified atom stereocenters. The molecule has 0 saturated carbocycles. The van der Waals surface area contributed by atoms with Crippen LogP contribution >= 0.6 is 0 Å². The summed E-state index contributed by atoms with van der Waals surface area (Å²) in [7, 11) is 0. The molecule has 0 amide bonds. The van der Waals surface area contributed by atoms with E-state index in [2.05, 4.69) is 39.8 Å². The zero-order chi connectivity index (χ0) is 11.8. The molecule has 15 heavy (non-hydrogen) atoms. The lowest BCUT2D eigenvalue weighted by molar-refractivity contribution is 0.0996. The van der Waals surface area contributed by atoms with Crippen LogP contribution in [-0.4, -0.2) is 12.2 Å². The molecule has 1 aliphatic heterocycles. The van der Waals surface area contributed by atoms with E-state index in [-0.39, 0.29) is 0 Å². The standard InChI is InChI=1S/C12H20O.C2H6/c1-9(2)7-11-5-6-12(13-11)8-10(3)4;1-2/h7-8,11-12H,5-6H2,1-4H3;1-2H3. The van der Waals surface area contributed by atoms with Crippen LogP contribution in [0.2, 0.25) is 0 Å². The van der Waals surface area contributed by atoms with Crippen molar-refractivity contribution >= 4 is 0 Å². The topological polar surface area (TPSA) is 9.23 Å². The van der Waals surface area contributed by atoms with Crippen molar-refractivity contribution in [2.75, 3.05) is 0 Å². The summed E-state index contributed by atoms with van der Waals surface area (Å²) in [5.74, 6) is 0. The molecule has 1 saturated heterocycles. The van der Waals surface area contributed by atoms with Crippen LogP contribution in [0.4, 0.5) is 0 Å². The van der Waals surface area contributed by atoms with Gasteiger partial charge in [-0.2, -0.15) is 0 Å². The third-order valence-corrected chi connectivity index (χ3v) is 2.12. The molecule has 0 aliphatic carbocycles. The second-order valence-electron chi connectivity index (χ2n) is 4.28. The lowest BCUT2D eigenvalue weighted by Crippen LogP contribution is -2.06. The predicted octanol–water partition coefficient (Wildman–Crippen LogP) is 4.49. The Bertz CT molecular complexity index is 193. The van der Waals surface area contributed by atoms with Gasteiger partial charge in [-0.05, 0) is 40.5 Å². The lowest BCUT2D eigenvalue weighted by Gasteiger charge is -2.07. The van der Waals surface area contributed by atoms with Crippen LogP contribution in [0.25, 0.3) is 0 Å². The highest BCUT2D eigenvalue weighted by Gasteiger charge is 2.21. The second-order valence-corrected chi connectivity index (χ2v) is 4.28. The zero-order valence-corrected chi connectivity index (χ0v) is 11.1. The van der Waals surface area contributed by atoms with E-state index in [1.807, 2.05) is 13.8 Å². The maximum Gasteiger partial charge on any atom is 0.0767 e. The minimum absolute atomic E-state index is 0.352. The van der Waals surface area contributed by atoms with Crippen molar-refractivity contribution in [3.63, 3.8) is 0 Å². The van der Waals surface area contributed by atoms with Gasteiger partial charge in [0.05, 0.1) is 12.2 Å². The van der Waals surface area contributed by atoms with Crippen LogP contribution < -0.4 is 0 Å². The Balaban J connectivity index is 0.000000921. The summed E-state index contributed by atoms with van der Waals surface area (Å²) in [5.41, 5.74) is 2.70. The van der Waals surface area contributed by atoms with E-state index in [9.17, 15) is 0 Å². The van der Waals surface area contributed by atoms with E-state index in [1.54, 1.807) is 0 Å². The fourth-order valence-corrected chi connectivity index (χ4v) is 1.68. The highest BCUT2D eigenvalue weighted by atomic mass is 16.5. The lowest BCUT2D eigenvalue weighted by atomic mass is 10.1. The first-order valence-corrected chi connectivity index (χ1v) is 6.03. The van der Waals surface area contributed by atoms with Crippen molar-refractivity contribution in [3.05, 3.63) is 23.3 Å². The SMILES string of the molecule is CC.CC(C)=CC1CCC(C=C(C)C)O1. The second kappa shape index (κ2) is 7.70. The van der Waals surface area contributed by atoms with Gasteiger partial charge in [0, 0.05) is 0 Å². The molecule has 0 spiro atoms. The van der Waals surface area contributed by atoms with Crippen LogP contribution in [0.15, 0.2) is 23.3 Å². The summed E-state index contributed by atoms with van der Waals surface area (Å²) in [6.07, 6.45) is 7.48. The minimum Gasteiger partial charge on any atom is -0.367 e. The molecule has 0 radical (unpaired) electrons. The van der Waals surface area contributed by atoms with Gasteiger partial charge in [-0.3, -0.25) is 0 Å². The van der Waals surface area contributed by atoms with Gasteiger partial charge in [-0.25, -0.2) is 0 Å². The van der Waals surface area contributed by atoms with Crippen molar-refractivity contribution < 1.29 is 4.74 Å². The van der Waals surface area contributed by atoms with Gasteiger partial charge in [0.25, 0.3) is 0 Å². The molecule has 0 N–H and O–H groups in total. The minimum atomic E-state index is 0.352. The summed E-state index contributed by atoms with van der Waals surface area (Å²) in [5, 5.41) is 0. The highest BCUT2D eigenvalue weighted by Crippen LogP contribution is 2.23. The van der Waals surface area contributed by atoms with Crippen LogP contribution in [-0.2, 0) is 4.74 Å². The van der Waals surface area contributed by atoms with Gasteiger partial charge in [-0.15, -0.1) is 0 Å². The summed E-state index contributed by atoms with van der Waals surface area (Å²) in [6.45, 7) is 12.5. The van der Waals surface area contributed by atoms with E-state index >= 15 is 0 Å². The van der Waals surface area contributed by atoms with E-state index in [4.69, 9.17) is 4.74 Å². The maximum absolute atomic E-state index is 5.83. The van der Waals surface area contributed by atoms with E-state index in [1.165, 1.54) is 24.0 Å². The van der Waals surface area contributed by atoms with Gasteiger partial charge < -0.3 is 4.74 Å². The Hall–Kier alpha value is -0.560. The van der Waals surface area contributed by atoms with Gasteiger partial charge in [-0.1, -0.05) is 37.1 Å². The molecule has 1 heteroatoms. The molecule has 1 nitrogen and oxygen atoms in total. The molecule has 0 aromatic heterocycles. The average molecular weight is 210 g/mol. The van der Waals surface area contributed by atoms with Crippen molar-refractivity contribution in [2.24, 2.45) is 0 Å². The van der Waals surface area contributed by atoms with Crippen molar-refractivity contribution in [3.8, 4) is 0 Å². The van der Waals surface area contributed by atoms with Gasteiger partial charge in [0.2, 0.25) is 0 Å². The summed E-state index contributed by atoms with van der Waals surface area (Å²) in [6, 6.07) is 0. The zero-order valence-electron chi connectivity index (χ0n) is 11.1. The monoisotopic (exact) mass is 210 g/mol. The Kier molecular flexibility index (Phi) is 7.41. The molecule has 0 aromatic rings. The largest absolute Gasteiger partial charge is 0.367 e. The molecule has 0 bridgehead atoms. The molecule has 2 atom stereocenters. The van der Waals surface area contributed by atoms with Crippen LogP contribution in [0, 0.1) is 0 Å². The molecule has 1 fully saturated rings.